The molecule has 1 aromatic rings. The maximum absolute atomic E-state index is 10.8. The number of aromatic amines is 1. The first kappa shape index (κ1) is 9.11. The fourth-order valence-corrected chi connectivity index (χ4v) is 1.04. The Morgan fingerprint density at radius 2 is 2.31 bits per heavy atom. The van der Waals surface area contributed by atoms with E-state index in [4.69, 9.17) is 10.9 Å². The molecule has 0 unspecified atom stereocenters. The molecule has 0 amide bonds. The number of aromatic nitrogens is 1. The summed E-state index contributed by atoms with van der Waals surface area (Å²) in [6.45, 7) is 1.57. The molecule has 6 heteroatoms. The zero-order valence-corrected chi connectivity index (χ0v) is 6.90. The molecular weight excluding hydrogens is 174 g/mol. The second-order valence-corrected chi connectivity index (χ2v) is 2.53. The van der Waals surface area contributed by atoms with E-state index in [2.05, 4.69) is 10.1 Å². The van der Waals surface area contributed by atoms with Gasteiger partial charge in [-0.3, -0.25) is 9.78 Å². The number of amidine groups is 1. The van der Waals surface area contributed by atoms with Crippen LogP contribution in [-0.4, -0.2) is 21.1 Å². The lowest BCUT2D eigenvalue weighted by atomic mass is 10.1. The molecule has 0 saturated carbocycles. The zero-order chi connectivity index (χ0) is 10.0. The minimum absolute atomic E-state index is 0.127. The van der Waals surface area contributed by atoms with Gasteiger partial charge in [0.1, 0.15) is 0 Å². The highest BCUT2D eigenvalue weighted by Gasteiger charge is 2.10. The Labute approximate surface area is 73.3 Å². The average Bonchev–Trinajstić information content (AvgIpc) is 2.02. The Bertz CT molecular complexity index is 382. The Balaban J connectivity index is 3.46. The lowest BCUT2D eigenvalue weighted by molar-refractivity contribution is 0.318. The Kier molecular flexibility index (Phi) is 2.23. The summed E-state index contributed by atoms with van der Waals surface area (Å²) in [5, 5.41) is 20.3. The van der Waals surface area contributed by atoms with Crippen LogP contribution in [0.4, 0.5) is 0 Å². The third-order valence-corrected chi connectivity index (χ3v) is 1.58. The maximum atomic E-state index is 10.8. The molecule has 0 aliphatic rings. The van der Waals surface area contributed by atoms with E-state index in [1.54, 1.807) is 6.92 Å². The van der Waals surface area contributed by atoms with E-state index >= 15 is 0 Å². The monoisotopic (exact) mass is 183 g/mol. The molecule has 0 saturated heterocycles. The van der Waals surface area contributed by atoms with Gasteiger partial charge in [0.15, 0.2) is 5.84 Å². The second kappa shape index (κ2) is 3.18. The molecule has 0 aliphatic heterocycles. The predicted octanol–water partition coefficient (Wildman–Crippen LogP) is -0.517. The van der Waals surface area contributed by atoms with Crippen LogP contribution in [0.2, 0.25) is 0 Å². The van der Waals surface area contributed by atoms with Gasteiger partial charge in [0.05, 0.1) is 5.56 Å². The highest BCUT2D eigenvalue weighted by molar-refractivity contribution is 6.00. The van der Waals surface area contributed by atoms with Crippen LogP contribution in [0.3, 0.4) is 0 Å². The van der Waals surface area contributed by atoms with E-state index in [9.17, 15) is 9.90 Å². The van der Waals surface area contributed by atoms with Crippen molar-refractivity contribution in [2.45, 2.75) is 6.92 Å². The summed E-state index contributed by atoms with van der Waals surface area (Å²) in [5.74, 6) is -0.647. The van der Waals surface area contributed by atoms with Gasteiger partial charge >= 0.3 is 0 Å². The molecule has 1 aromatic heterocycles. The van der Waals surface area contributed by atoms with Crippen LogP contribution in [0.1, 0.15) is 11.1 Å². The van der Waals surface area contributed by atoms with Crippen molar-refractivity contribution < 1.29 is 10.3 Å². The highest BCUT2D eigenvalue weighted by Crippen LogP contribution is 2.14. The van der Waals surface area contributed by atoms with Crippen LogP contribution in [-0.2, 0) is 0 Å². The van der Waals surface area contributed by atoms with Crippen molar-refractivity contribution in [2.75, 3.05) is 0 Å². The number of nitrogens with one attached hydrogen (secondary N) is 1. The minimum atomic E-state index is -0.440. The van der Waals surface area contributed by atoms with Crippen LogP contribution in [0, 0.1) is 6.92 Å². The molecular formula is C7H9N3O3. The first-order valence-electron chi connectivity index (χ1n) is 3.47. The first-order chi connectivity index (χ1) is 6.06. The van der Waals surface area contributed by atoms with Crippen molar-refractivity contribution in [2.24, 2.45) is 10.9 Å². The van der Waals surface area contributed by atoms with E-state index < -0.39 is 11.4 Å². The summed E-state index contributed by atoms with van der Waals surface area (Å²) in [5.41, 5.74) is 5.39. The Morgan fingerprint density at radius 3 is 2.77 bits per heavy atom. The molecule has 0 fully saturated rings. The smallest absolute Gasteiger partial charge is 0.250 e. The average molecular weight is 183 g/mol. The van der Waals surface area contributed by atoms with Crippen LogP contribution in [0.15, 0.2) is 16.0 Å². The summed E-state index contributed by atoms with van der Waals surface area (Å²) in [6, 6.07) is 1.24. The van der Waals surface area contributed by atoms with Crippen LogP contribution in [0.5, 0.6) is 5.88 Å². The lowest BCUT2D eigenvalue weighted by Crippen LogP contribution is -2.18. The van der Waals surface area contributed by atoms with E-state index in [0.717, 1.165) is 0 Å². The van der Waals surface area contributed by atoms with Gasteiger partial charge in [-0.25, -0.2) is 0 Å². The Hall–Kier alpha value is -1.98. The van der Waals surface area contributed by atoms with Gasteiger partial charge in [0.2, 0.25) is 5.88 Å². The van der Waals surface area contributed by atoms with Gasteiger partial charge in [-0.05, 0) is 12.5 Å². The largest absolute Gasteiger partial charge is 0.494 e. The van der Waals surface area contributed by atoms with Crippen LogP contribution in [0.25, 0.3) is 0 Å². The van der Waals surface area contributed by atoms with Gasteiger partial charge in [-0.1, -0.05) is 5.16 Å². The second-order valence-electron chi connectivity index (χ2n) is 2.53. The standard InChI is InChI=1S/C7H9N3O3/c1-3-2-4(11)9-7(12)5(3)6(8)10-13/h2,13H,1H3,(H2,8,10)(H2,9,11,12). The molecule has 1 rings (SSSR count). The number of nitrogens with zero attached hydrogens (tertiary/aromatic N) is 1. The van der Waals surface area contributed by atoms with Crippen molar-refractivity contribution in [3.63, 3.8) is 0 Å². The normalized spacial score (nSPS) is 11.6. The molecule has 5 N–H and O–H groups in total. The van der Waals surface area contributed by atoms with Crippen molar-refractivity contribution in [3.05, 3.63) is 27.5 Å². The molecule has 70 valence electrons. The molecule has 0 atom stereocenters. The summed E-state index contributed by atoms with van der Waals surface area (Å²) in [7, 11) is 0. The SMILES string of the molecule is Cc1cc(=O)[nH]c(O)c1/C(N)=N\O. The summed E-state index contributed by atoms with van der Waals surface area (Å²) in [4.78, 5) is 12.9. The van der Waals surface area contributed by atoms with Crippen molar-refractivity contribution in [1.82, 2.24) is 4.98 Å². The topological polar surface area (TPSA) is 112 Å². The number of aromatic hydroxyl groups is 1. The fourth-order valence-electron chi connectivity index (χ4n) is 1.04. The van der Waals surface area contributed by atoms with Crippen LogP contribution < -0.4 is 11.3 Å². The maximum Gasteiger partial charge on any atom is 0.250 e. The number of H-pyrrole nitrogens is 1. The first-order valence-corrected chi connectivity index (χ1v) is 3.47. The third kappa shape index (κ3) is 1.61. The van der Waals surface area contributed by atoms with Gasteiger partial charge in [-0.2, -0.15) is 0 Å². The number of oxime groups is 1. The fraction of sp³-hybridized carbons (Fsp3) is 0.143. The van der Waals surface area contributed by atoms with Crippen molar-refractivity contribution in [1.29, 1.82) is 0 Å². The zero-order valence-electron chi connectivity index (χ0n) is 6.90. The molecule has 0 radical (unpaired) electrons. The van der Waals surface area contributed by atoms with Gasteiger partial charge in [0, 0.05) is 6.07 Å². The number of aryl methyl sites for hydroxylation is 1. The molecule has 1 heterocycles. The summed E-state index contributed by atoms with van der Waals surface area (Å²) >= 11 is 0. The third-order valence-electron chi connectivity index (χ3n) is 1.58. The number of rotatable bonds is 1. The minimum Gasteiger partial charge on any atom is -0.494 e. The Morgan fingerprint density at radius 1 is 1.69 bits per heavy atom. The predicted molar refractivity (Wildman–Crippen MR) is 46.0 cm³/mol. The van der Waals surface area contributed by atoms with E-state index in [-0.39, 0.29) is 11.4 Å². The van der Waals surface area contributed by atoms with Crippen molar-refractivity contribution in [3.8, 4) is 5.88 Å². The number of pyridine rings is 1. The highest BCUT2D eigenvalue weighted by atomic mass is 16.4. The van der Waals surface area contributed by atoms with Crippen LogP contribution >= 0.6 is 0 Å². The van der Waals surface area contributed by atoms with Gasteiger partial charge in [-0.15, -0.1) is 0 Å². The number of nitrogens with two attached hydrogens (primary N) is 1. The van der Waals surface area contributed by atoms with E-state index in [1.807, 2.05) is 0 Å². The molecule has 13 heavy (non-hydrogen) atoms. The quantitative estimate of drug-likeness (QED) is 0.203. The molecule has 0 aliphatic carbocycles. The summed E-state index contributed by atoms with van der Waals surface area (Å²) in [6.07, 6.45) is 0. The lowest BCUT2D eigenvalue weighted by Gasteiger charge is -2.04. The molecule has 0 aromatic carbocycles. The molecule has 0 spiro atoms. The molecule has 0 bridgehead atoms. The van der Waals surface area contributed by atoms with Crippen molar-refractivity contribution >= 4 is 5.84 Å². The van der Waals surface area contributed by atoms with E-state index in [0.29, 0.717) is 5.56 Å². The number of hydrogen-bond donors (Lipinski definition) is 4. The van der Waals surface area contributed by atoms with Gasteiger partial charge in [0.25, 0.3) is 5.56 Å². The number of hydrogen-bond acceptors (Lipinski definition) is 4. The molecule has 6 nitrogen and oxygen atoms in total. The summed E-state index contributed by atoms with van der Waals surface area (Å²) < 4.78 is 0. The van der Waals surface area contributed by atoms with Gasteiger partial charge < -0.3 is 16.0 Å². The van der Waals surface area contributed by atoms with E-state index in [1.165, 1.54) is 6.07 Å².